The van der Waals surface area contributed by atoms with Gasteiger partial charge in [0.25, 0.3) is 0 Å². The highest BCUT2D eigenvalue weighted by Gasteiger charge is 2.19. The number of anilines is 2. The third-order valence-corrected chi connectivity index (χ3v) is 5.37. The van der Waals surface area contributed by atoms with E-state index >= 15 is 0 Å². The van der Waals surface area contributed by atoms with Crippen molar-refractivity contribution >= 4 is 23.2 Å². The Morgan fingerprint density at radius 3 is 2.63 bits per heavy atom. The molecule has 0 radical (unpaired) electrons. The number of nitrogens with two attached hydrogens (primary N) is 1. The van der Waals surface area contributed by atoms with Gasteiger partial charge in [0.2, 0.25) is 5.91 Å². The van der Waals surface area contributed by atoms with Crippen molar-refractivity contribution < 1.29 is 4.79 Å². The lowest BCUT2D eigenvalue weighted by Gasteiger charge is -2.26. The Morgan fingerprint density at radius 2 is 1.81 bits per heavy atom. The quantitative estimate of drug-likeness (QED) is 0.645. The summed E-state index contributed by atoms with van der Waals surface area (Å²) in [5.74, 6) is 0.637. The molecule has 0 atom stereocenters. The molecule has 0 aromatic heterocycles. The fourth-order valence-corrected chi connectivity index (χ4v) is 3.87. The molecule has 0 unspecified atom stereocenters. The molecule has 0 bridgehead atoms. The molecule has 2 aliphatic rings. The van der Waals surface area contributed by atoms with Crippen molar-refractivity contribution in [1.29, 1.82) is 0 Å². The van der Waals surface area contributed by atoms with Crippen LogP contribution in [0.25, 0.3) is 0 Å². The molecule has 0 spiro atoms. The van der Waals surface area contributed by atoms with Gasteiger partial charge in [-0.3, -0.25) is 4.79 Å². The van der Waals surface area contributed by atoms with Crippen LogP contribution >= 0.6 is 0 Å². The predicted molar refractivity (Wildman–Crippen MR) is 110 cm³/mol. The second kappa shape index (κ2) is 7.82. The van der Waals surface area contributed by atoms with Crippen molar-refractivity contribution in [3.05, 3.63) is 59.2 Å². The SMILES string of the molecule is NC(=NCc1ccc(N2CCCCC2=O)cc1)Nc1ccc2c(c1)CCC2. The van der Waals surface area contributed by atoms with Gasteiger partial charge in [-0.25, -0.2) is 4.99 Å². The van der Waals surface area contributed by atoms with Crippen LogP contribution in [-0.2, 0) is 24.2 Å². The highest BCUT2D eigenvalue weighted by molar-refractivity contribution is 5.94. The maximum atomic E-state index is 12.0. The number of benzene rings is 2. The minimum atomic E-state index is 0.217. The summed E-state index contributed by atoms with van der Waals surface area (Å²) in [7, 11) is 0. The predicted octanol–water partition coefficient (Wildman–Crippen LogP) is 3.62. The normalized spacial score (nSPS) is 17.1. The first-order chi connectivity index (χ1) is 13.2. The standard InChI is InChI=1S/C22H26N4O/c23-22(25-19-10-9-17-4-3-5-18(17)14-19)24-15-16-7-11-20(12-8-16)26-13-2-1-6-21(26)27/h7-12,14H,1-6,13,15H2,(H3,23,24,25). The fourth-order valence-electron chi connectivity index (χ4n) is 3.87. The van der Waals surface area contributed by atoms with E-state index in [9.17, 15) is 4.79 Å². The Morgan fingerprint density at radius 1 is 1.00 bits per heavy atom. The number of nitrogens with one attached hydrogen (secondary N) is 1. The van der Waals surface area contributed by atoms with Crippen LogP contribution in [-0.4, -0.2) is 18.4 Å². The van der Waals surface area contributed by atoms with Crippen LogP contribution in [0.1, 0.15) is 42.4 Å². The molecule has 3 N–H and O–H groups in total. The minimum absolute atomic E-state index is 0.217. The van der Waals surface area contributed by atoms with Gasteiger partial charge < -0.3 is 16.0 Å². The zero-order valence-corrected chi connectivity index (χ0v) is 15.6. The Balaban J connectivity index is 1.36. The van der Waals surface area contributed by atoms with E-state index < -0.39 is 0 Å². The summed E-state index contributed by atoms with van der Waals surface area (Å²) in [6.07, 6.45) is 6.28. The van der Waals surface area contributed by atoms with Crippen molar-refractivity contribution in [2.24, 2.45) is 10.7 Å². The monoisotopic (exact) mass is 362 g/mol. The van der Waals surface area contributed by atoms with Crippen LogP contribution in [0.4, 0.5) is 11.4 Å². The third kappa shape index (κ3) is 4.13. The van der Waals surface area contributed by atoms with Crippen LogP contribution < -0.4 is 16.0 Å². The van der Waals surface area contributed by atoms with E-state index in [1.807, 2.05) is 29.2 Å². The summed E-state index contributed by atoms with van der Waals surface area (Å²) in [6, 6.07) is 14.5. The lowest BCUT2D eigenvalue weighted by atomic mass is 10.1. The first kappa shape index (κ1) is 17.6. The number of hydrogen-bond acceptors (Lipinski definition) is 2. The van der Waals surface area contributed by atoms with E-state index in [0.717, 1.165) is 42.7 Å². The number of carbonyl (C=O) groups is 1. The van der Waals surface area contributed by atoms with Crippen LogP contribution in [0.15, 0.2) is 47.5 Å². The molecule has 1 fully saturated rings. The largest absolute Gasteiger partial charge is 0.370 e. The van der Waals surface area contributed by atoms with Crippen molar-refractivity contribution in [3.63, 3.8) is 0 Å². The van der Waals surface area contributed by atoms with Crippen LogP contribution in [0.3, 0.4) is 0 Å². The Labute approximate surface area is 160 Å². The van der Waals surface area contributed by atoms with Crippen LogP contribution in [0, 0.1) is 0 Å². The van der Waals surface area contributed by atoms with E-state index in [1.165, 1.54) is 24.0 Å². The van der Waals surface area contributed by atoms with Crippen molar-refractivity contribution in [2.45, 2.75) is 45.1 Å². The van der Waals surface area contributed by atoms with Gasteiger partial charge in [0.05, 0.1) is 6.54 Å². The molecule has 1 heterocycles. The molecule has 1 aliphatic heterocycles. The van der Waals surface area contributed by atoms with Crippen LogP contribution in [0.2, 0.25) is 0 Å². The van der Waals surface area contributed by atoms with Crippen LogP contribution in [0.5, 0.6) is 0 Å². The summed E-state index contributed by atoms with van der Waals surface area (Å²) in [4.78, 5) is 18.3. The topological polar surface area (TPSA) is 70.7 Å². The van der Waals surface area contributed by atoms with Gasteiger partial charge in [-0.2, -0.15) is 0 Å². The molecule has 0 saturated carbocycles. The van der Waals surface area contributed by atoms with Gasteiger partial charge in [-0.1, -0.05) is 18.2 Å². The number of nitrogens with zero attached hydrogens (tertiary/aromatic N) is 2. The summed E-state index contributed by atoms with van der Waals surface area (Å²) >= 11 is 0. The van der Waals surface area contributed by atoms with E-state index in [-0.39, 0.29) is 5.91 Å². The number of rotatable bonds is 4. The van der Waals surface area contributed by atoms with Gasteiger partial charge in [0.1, 0.15) is 0 Å². The molecule has 2 aromatic rings. The number of hydrogen-bond donors (Lipinski definition) is 2. The van der Waals surface area contributed by atoms with Gasteiger partial charge in [0.15, 0.2) is 5.96 Å². The second-order valence-electron chi connectivity index (χ2n) is 7.33. The number of guanidine groups is 1. The average molecular weight is 362 g/mol. The fraction of sp³-hybridized carbons (Fsp3) is 0.364. The molecule has 5 nitrogen and oxygen atoms in total. The van der Waals surface area contributed by atoms with E-state index in [0.29, 0.717) is 18.9 Å². The summed E-state index contributed by atoms with van der Waals surface area (Å²) in [5.41, 5.74) is 11.9. The molecule has 2 aromatic carbocycles. The van der Waals surface area contributed by atoms with Gasteiger partial charge >= 0.3 is 0 Å². The number of amides is 1. The summed E-state index contributed by atoms with van der Waals surface area (Å²) < 4.78 is 0. The van der Waals surface area contributed by atoms with E-state index in [1.54, 1.807) is 0 Å². The third-order valence-electron chi connectivity index (χ3n) is 5.37. The van der Waals surface area contributed by atoms with Gasteiger partial charge in [-0.05, 0) is 73.1 Å². The lowest BCUT2D eigenvalue weighted by molar-refractivity contribution is -0.119. The minimum Gasteiger partial charge on any atom is -0.370 e. The van der Waals surface area contributed by atoms with Gasteiger partial charge in [-0.15, -0.1) is 0 Å². The molecule has 5 heteroatoms. The maximum absolute atomic E-state index is 12.0. The average Bonchev–Trinajstić information content (AvgIpc) is 3.15. The number of fused-ring (bicyclic) bond motifs is 1. The van der Waals surface area contributed by atoms with E-state index in [4.69, 9.17) is 5.73 Å². The van der Waals surface area contributed by atoms with E-state index in [2.05, 4.69) is 28.5 Å². The number of aliphatic imine (C=N–C) groups is 1. The number of carbonyl (C=O) groups excluding carboxylic acids is 1. The number of aryl methyl sites for hydroxylation is 2. The molecule has 27 heavy (non-hydrogen) atoms. The Kier molecular flexibility index (Phi) is 5.10. The summed E-state index contributed by atoms with van der Waals surface area (Å²) in [5, 5.41) is 3.19. The molecular weight excluding hydrogens is 336 g/mol. The molecule has 140 valence electrons. The highest BCUT2D eigenvalue weighted by Crippen LogP contribution is 2.25. The second-order valence-corrected chi connectivity index (χ2v) is 7.33. The highest BCUT2D eigenvalue weighted by atomic mass is 16.2. The zero-order valence-electron chi connectivity index (χ0n) is 15.6. The Hall–Kier alpha value is -2.82. The molecule has 1 amide bonds. The zero-order chi connectivity index (χ0) is 18.6. The first-order valence-corrected chi connectivity index (χ1v) is 9.77. The summed E-state index contributed by atoms with van der Waals surface area (Å²) in [6.45, 7) is 1.33. The molecule has 1 saturated heterocycles. The lowest BCUT2D eigenvalue weighted by Crippen LogP contribution is -2.35. The first-order valence-electron chi connectivity index (χ1n) is 9.77. The van der Waals surface area contributed by atoms with Crippen molar-refractivity contribution in [3.8, 4) is 0 Å². The van der Waals surface area contributed by atoms with Crippen molar-refractivity contribution in [2.75, 3.05) is 16.8 Å². The molecule has 4 rings (SSSR count). The van der Waals surface area contributed by atoms with Crippen molar-refractivity contribution in [1.82, 2.24) is 0 Å². The smallest absolute Gasteiger partial charge is 0.226 e. The Bertz CT molecular complexity index is 857. The molecule has 1 aliphatic carbocycles. The number of piperidine rings is 1. The van der Waals surface area contributed by atoms with Gasteiger partial charge in [0, 0.05) is 24.3 Å². The maximum Gasteiger partial charge on any atom is 0.226 e. The molecular formula is C22H26N4O.